The summed E-state index contributed by atoms with van der Waals surface area (Å²) in [6.07, 6.45) is 2.85. The molecular weight excluding hydrogens is 394 g/mol. The molecule has 2 aromatic carbocycles. The molecule has 0 aliphatic carbocycles. The van der Waals surface area contributed by atoms with E-state index in [1.165, 1.54) is 0 Å². The summed E-state index contributed by atoms with van der Waals surface area (Å²) in [4.78, 5) is 3.02. The van der Waals surface area contributed by atoms with Crippen LogP contribution in [-0.4, -0.2) is 41.5 Å². The van der Waals surface area contributed by atoms with E-state index in [1.54, 1.807) is 7.11 Å². The predicted octanol–water partition coefficient (Wildman–Crippen LogP) is 3.85. The van der Waals surface area contributed by atoms with Crippen molar-refractivity contribution < 1.29 is 8.95 Å². The van der Waals surface area contributed by atoms with Crippen LogP contribution < -0.4 is 15.0 Å². The lowest BCUT2D eigenvalue weighted by Crippen LogP contribution is -2.43. The number of benzene rings is 2. The summed E-state index contributed by atoms with van der Waals surface area (Å²) in [6.45, 7) is 5.75. The maximum Gasteiger partial charge on any atom is 0.157 e. The Kier molecular flexibility index (Phi) is 5.62. The van der Waals surface area contributed by atoms with Crippen molar-refractivity contribution in [2.75, 3.05) is 38.2 Å². The van der Waals surface area contributed by atoms with Crippen molar-refractivity contribution in [2.24, 2.45) is 0 Å². The van der Waals surface area contributed by atoms with Gasteiger partial charge >= 0.3 is 0 Å². The first-order valence-electron chi connectivity index (χ1n) is 9.48. The normalized spacial score (nSPS) is 15.8. The number of nitrogens with zero attached hydrogens (tertiary/aromatic N) is 2. The first kappa shape index (κ1) is 19.3. The molecule has 1 N–H and O–H groups in total. The molecule has 7 heteroatoms. The average Bonchev–Trinajstić information content (AvgIpc) is 3.11. The fourth-order valence-electron chi connectivity index (χ4n) is 3.70. The van der Waals surface area contributed by atoms with E-state index < -0.39 is 11.0 Å². The SMILES string of the molecule is CCc1cn(S(=O)c2ccc(OC)c(N3CCNCC3)c2)c2cc(Cl)ccc12. The Morgan fingerprint density at radius 1 is 1.18 bits per heavy atom. The van der Waals surface area contributed by atoms with Gasteiger partial charge in [-0.15, -0.1) is 0 Å². The van der Waals surface area contributed by atoms with Crippen molar-refractivity contribution in [3.63, 3.8) is 0 Å². The molecule has 2 heterocycles. The smallest absolute Gasteiger partial charge is 0.157 e. The van der Waals surface area contributed by atoms with E-state index in [2.05, 4.69) is 17.1 Å². The Balaban J connectivity index is 1.78. The van der Waals surface area contributed by atoms with Crippen LogP contribution in [0.15, 0.2) is 47.5 Å². The summed E-state index contributed by atoms with van der Waals surface area (Å²) in [5.74, 6) is 0.803. The highest BCUT2D eigenvalue weighted by molar-refractivity contribution is 7.83. The van der Waals surface area contributed by atoms with Crippen molar-refractivity contribution >= 4 is 39.2 Å². The summed E-state index contributed by atoms with van der Waals surface area (Å²) in [7, 11) is 0.298. The standard InChI is InChI=1S/C21H24ClN3O2S/c1-3-15-14-25(19-12-16(22)4-6-18(15)19)28(26)17-5-7-21(27-2)20(13-17)24-10-8-23-9-11-24/h4-7,12-14,23H,3,8-11H2,1-2H3. The van der Waals surface area contributed by atoms with Crippen LogP contribution in [-0.2, 0) is 17.4 Å². The van der Waals surface area contributed by atoms with E-state index in [1.807, 2.05) is 46.6 Å². The number of piperazine rings is 1. The molecule has 1 saturated heterocycles. The second kappa shape index (κ2) is 8.15. The van der Waals surface area contributed by atoms with Gasteiger partial charge in [-0.05, 0) is 42.3 Å². The molecule has 1 aliphatic heterocycles. The number of methoxy groups -OCH3 is 1. The second-order valence-corrected chi connectivity index (χ2v) is 8.61. The van der Waals surface area contributed by atoms with Crippen LogP contribution in [0, 0.1) is 0 Å². The molecule has 0 amide bonds. The molecule has 4 rings (SSSR count). The topological polar surface area (TPSA) is 46.5 Å². The lowest BCUT2D eigenvalue weighted by atomic mass is 10.1. The van der Waals surface area contributed by atoms with Crippen LogP contribution in [0.5, 0.6) is 5.75 Å². The monoisotopic (exact) mass is 417 g/mol. The van der Waals surface area contributed by atoms with E-state index in [9.17, 15) is 4.21 Å². The number of halogens is 1. The van der Waals surface area contributed by atoms with E-state index in [4.69, 9.17) is 16.3 Å². The lowest BCUT2D eigenvalue weighted by molar-refractivity contribution is 0.412. The van der Waals surface area contributed by atoms with Crippen LogP contribution in [0.4, 0.5) is 5.69 Å². The highest BCUT2D eigenvalue weighted by Gasteiger charge is 2.19. The molecule has 0 saturated carbocycles. The minimum atomic E-state index is -1.38. The largest absolute Gasteiger partial charge is 0.495 e. The van der Waals surface area contributed by atoms with Crippen molar-refractivity contribution in [3.05, 3.63) is 53.2 Å². The first-order valence-corrected chi connectivity index (χ1v) is 11.0. The zero-order valence-corrected chi connectivity index (χ0v) is 17.6. The second-order valence-electron chi connectivity index (χ2n) is 6.82. The number of aromatic nitrogens is 1. The molecule has 28 heavy (non-hydrogen) atoms. The summed E-state index contributed by atoms with van der Waals surface area (Å²) < 4.78 is 20.9. The number of nitrogens with one attached hydrogen (secondary N) is 1. The lowest BCUT2D eigenvalue weighted by Gasteiger charge is -2.30. The Hall–Kier alpha value is -2.02. The molecule has 1 atom stereocenters. The Labute approximate surface area is 172 Å². The van der Waals surface area contributed by atoms with Crippen LogP contribution in [0.2, 0.25) is 5.02 Å². The minimum Gasteiger partial charge on any atom is -0.495 e. The number of aryl methyl sites for hydroxylation is 1. The van der Waals surface area contributed by atoms with Gasteiger partial charge in [0.25, 0.3) is 0 Å². The van der Waals surface area contributed by atoms with Gasteiger partial charge < -0.3 is 15.0 Å². The van der Waals surface area contributed by atoms with E-state index in [-0.39, 0.29) is 0 Å². The first-order chi connectivity index (χ1) is 13.6. The van der Waals surface area contributed by atoms with Crippen molar-refractivity contribution in [1.29, 1.82) is 0 Å². The van der Waals surface area contributed by atoms with Gasteiger partial charge in [0, 0.05) is 42.8 Å². The van der Waals surface area contributed by atoms with Crippen LogP contribution in [0.1, 0.15) is 12.5 Å². The van der Waals surface area contributed by atoms with Gasteiger partial charge in [-0.1, -0.05) is 24.6 Å². The fraction of sp³-hybridized carbons (Fsp3) is 0.333. The number of hydrogen-bond acceptors (Lipinski definition) is 4. The molecule has 1 unspecified atom stereocenters. The van der Waals surface area contributed by atoms with E-state index in [0.29, 0.717) is 5.02 Å². The van der Waals surface area contributed by atoms with Crippen LogP contribution in [0.3, 0.4) is 0 Å². The average molecular weight is 418 g/mol. The van der Waals surface area contributed by atoms with Gasteiger partial charge in [-0.3, -0.25) is 3.97 Å². The van der Waals surface area contributed by atoms with Gasteiger partial charge in [0.05, 0.1) is 23.2 Å². The summed E-state index contributed by atoms with van der Waals surface area (Å²) >= 11 is 6.22. The molecule has 148 valence electrons. The Morgan fingerprint density at radius 3 is 2.68 bits per heavy atom. The summed E-state index contributed by atoms with van der Waals surface area (Å²) in [6, 6.07) is 11.5. The number of rotatable bonds is 5. The quantitative estimate of drug-likeness (QED) is 0.685. The number of fused-ring (bicyclic) bond motifs is 1. The molecule has 0 bridgehead atoms. The van der Waals surface area contributed by atoms with Crippen molar-refractivity contribution in [3.8, 4) is 5.75 Å². The molecule has 3 aromatic rings. The fourth-order valence-corrected chi connectivity index (χ4v) is 5.05. The molecule has 1 aromatic heterocycles. The predicted molar refractivity (Wildman–Crippen MR) is 116 cm³/mol. The molecule has 5 nitrogen and oxygen atoms in total. The number of anilines is 1. The number of ether oxygens (including phenoxy) is 1. The van der Waals surface area contributed by atoms with Gasteiger partial charge in [-0.25, -0.2) is 4.21 Å². The Bertz CT molecular complexity index is 1030. The summed E-state index contributed by atoms with van der Waals surface area (Å²) in [5, 5.41) is 5.10. The minimum absolute atomic E-state index is 0.641. The highest BCUT2D eigenvalue weighted by atomic mass is 35.5. The third-order valence-electron chi connectivity index (χ3n) is 5.19. The van der Waals surface area contributed by atoms with Gasteiger partial charge in [0.2, 0.25) is 0 Å². The molecule has 1 fully saturated rings. The van der Waals surface area contributed by atoms with Gasteiger partial charge in [-0.2, -0.15) is 0 Å². The van der Waals surface area contributed by atoms with Crippen molar-refractivity contribution in [2.45, 2.75) is 18.2 Å². The maximum atomic E-state index is 13.5. The number of hydrogen-bond donors (Lipinski definition) is 1. The van der Waals surface area contributed by atoms with Crippen LogP contribution in [0.25, 0.3) is 10.9 Å². The van der Waals surface area contributed by atoms with E-state index in [0.717, 1.165) is 65.4 Å². The molecular formula is C21H24ClN3O2S. The zero-order chi connectivity index (χ0) is 19.7. The van der Waals surface area contributed by atoms with Crippen molar-refractivity contribution in [1.82, 2.24) is 9.29 Å². The molecule has 1 aliphatic rings. The summed E-state index contributed by atoms with van der Waals surface area (Å²) in [5.41, 5.74) is 3.04. The highest BCUT2D eigenvalue weighted by Crippen LogP contribution is 2.33. The third-order valence-corrected chi connectivity index (χ3v) is 6.74. The Morgan fingerprint density at radius 2 is 1.96 bits per heavy atom. The molecule has 0 radical (unpaired) electrons. The third kappa shape index (κ3) is 3.52. The van der Waals surface area contributed by atoms with Gasteiger partial charge in [0.1, 0.15) is 5.75 Å². The van der Waals surface area contributed by atoms with Gasteiger partial charge in [0.15, 0.2) is 11.0 Å². The molecule has 0 spiro atoms. The zero-order valence-electron chi connectivity index (χ0n) is 16.1. The van der Waals surface area contributed by atoms with E-state index >= 15 is 0 Å². The van der Waals surface area contributed by atoms with Crippen LogP contribution >= 0.6 is 11.6 Å². The maximum absolute atomic E-state index is 13.5.